The SMILES string of the molecule is CC(C)(C)OC(=O)N1CCC(=O)C(C2CCCC2O)C1. The first-order valence-electron chi connectivity index (χ1n) is 7.46. The van der Waals surface area contributed by atoms with Crippen molar-refractivity contribution in [2.24, 2.45) is 11.8 Å². The minimum absolute atomic E-state index is 0.00716. The van der Waals surface area contributed by atoms with Crippen molar-refractivity contribution in [3.63, 3.8) is 0 Å². The van der Waals surface area contributed by atoms with Crippen LogP contribution in [0.5, 0.6) is 0 Å². The summed E-state index contributed by atoms with van der Waals surface area (Å²) in [6.45, 7) is 6.30. The molecule has 0 aromatic heterocycles. The largest absolute Gasteiger partial charge is 0.444 e. The number of aliphatic hydroxyl groups excluding tert-OH is 1. The van der Waals surface area contributed by atoms with Crippen molar-refractivity contribution in [1.29, 1.82) is 0 Å². The lowest BCUT2D eigenvalue weighted by molar-refractivity contribution is -0.129. The molecule has 1 N–H and O–H groups in total. The molecular formula is C15H25NO4. The van der Waals surface area contributed by atoms with Crippen LogP contribution in [-0.4, -0.2) is 46.7 Å². The van der Waals surface area contributed by atoms with Crippen molar-refractivity contribution < 1.29 is 19.4 Å². The van der Waals surface area contributed by atoms with Crippen LogP contribution in [0.15, 0.2) is 0 Å². The number of likely N-dealkylation sites (tertiary alicyclic amines) is 1. The topological polar surface area (TPSA) is 66.8 Å². The van der Waals surface area contributed by atoms with Crippen LogP contribution >= 0.6 is 0 Å². The molecule has 1 aliphatic heterocycles. The molecule has 1 aliphatic carbocycles. The smallest absolute Gasteiger partial charge is 0.410 e. The van der Waals surface area contributed by atoms with Crippen LogP contribution in [0.3, 0.4) is 0 Å². The average Bonchev–Trinajstić information content (AvgIpc) is 2.73. The number of hydrogen-bond acceptors (Lipinski definition) is 4. The molecule has 2 rings (SSSR count). The van der Waals surface area contributed by atoms with Gasteiger partial charge in [0.05, 0.1) is 6.10 Å². The molecule has 0 radical (unpaired) electrons. The van der Waals surface area contributed by atoms with Crippen LogP contribution in [0, 0.1) is 11.8 Å². The van der Waals surface area contributed by atoms with E-state index < -0.39 is 11.7 Å². The van der Waals surface area contributed by atoms with E-state index in [0.29, 0.717) is 19.5 Å². The zero-order valence-electron chi connectivity index (χ0n) is 12.6. The Morgan fingerprint density at radius 2 is 2.05 bits per heavy atom. The number of aliphatic hydroxyl groups is 1. The molecular weight excluding hydrogens is 258 g/mol. The molecule has 0 aromatic carbocycles. The summed E-state index contributed by atoms with van der Waals surface area (Å²) in [7, 11) is 0. The lowest BCUT2D eigenvalue weighted by Crippen LogP contribution is -2.49. The van der Waals surface area contributed by atoms with Gasteiger partial charge in [0.15, 0.2) is 0 Å². The lowest BCUT2D eigenvalue weighted by Gasteiger charge is -2.36. The predicted octanol–water partition coefficient (Wildman–Crippen LogP) is 1.97. The molecule has 0 aromatic rings. The maximum atomic E-state index is 12.1. The second-order valence-electron chi connectivity index (χ2n) is 6.91. The van der Waals surface area contributed by atoms with Gasteiger partial charge >= 0.3 is 6.09 Å². The van der Waals surface area contributed by atoms with E-state index in [1.165, 1.54) is 0 Å². The van der Waals surface area contributed by atoms with Crippen molar-refractivity contribution in [2.45, 2.75) is 58.2 Å². The molecule has 1 saturated carbocycles. The summed E-state index contributed by atoms with van der Waals surface area (Å²) < 4.78 is 5.36. The number of ketones is 1. The number of ether oxygens (including phenoxy) is 1. The van der Waals surface area contributed by atoms with Gasteiger partial charge in [-0.25, -0.2) is 4.79 Å². The fourth-order valence-electron chi connectivity index (χ4n) is 3.17. The number of carbonyl (C=O) groups excluding carboxylic acids is 2. The maximum Gasteiger partial charge on any atom is 0.410 e. The summed E-state index contributed by atoms with van der Waals surface area (Å²) in [6.07, 6.45) is 2.21. The molecule has 1 heterocycles. The number of nitrogens with zero attached hydrogens (tertiary/aromatic N) is 1. The highest BCUT2D eigenvalue weighted by Crippen LogP contribution is 2.35. The van der Waals surface area contributed by atoms with Gasteiger partial charge in [-0.2, -0.15) is 0 Å². The summed E-state index contributed by atoms with van der Waals surface area (Å²) in [5.74, 6) is -0.0442. The molecule has 1 saturated heterocycles. The Hall–Kier alpha value is -1.10. The molecule has 3 atom stereocenters. The van der Waals surface area contributed by atoms with Gasteiger partial charge in [0.1, 0.15) is 11.4 Å². The standard InChI is InChI=1S/C15H25NO4/c1-15(2,3)20-14(19)16-8-7-13(18)11(9-16)10-5-4-6-12(10)17/h10-12,17H,4-9H2,1-3H3. The highest BCUT2D eigenvalue weighted by atomic mass is 16.6. The molecule has 20 heavy (non-hydrogen) atoms. The Morgan fingerprint density at radius 3 is 2.60 bits per heavy atom. The van der Waals surface area contributed by atoms with Crippen LogP contribution < -0.4 is 0 Å². The molecule has 2 fully saturated rings. The second-order valence-corrected chi connectivity index (χ2v) is 6.91. The summed E-state index contributed by atoms with van der Waals surface area (Å²) in [6, 6.07) is 0. The van der Waals surface area contributed by atoms with Gasteiger partial charge < -0.3 is 14.7 Å². The summed E-state index contributed by atoms with van der Waals surface area (Å²) in [5.41, 5.74) is -0.527. The van der Waals surface area contributed by atoms with Crippen LogP contribution in [0.2, 0.25) is 0 Å². The summed E-state index contributed by atoms with van der Waals surface area (Å²) in [4.78, 5) is 25.8. The molecule has 114 valence electrons. The molecule has 0 bridgehead atoms. The third-order valence-electron chi connectivity index (χ3n) is 4.16. The fourth-order valence-corrected chi connectivity index (χ4v) is 3.17. The van der Waals surface area contributed by atoms with Crippen molar-refractivity contribution in [1.82, 2.24) is 4.90 Å². The fraction of sp³-hybridized carbons (Fsp3) is 0.867. The van der Waals surface area contributed by atoms with Crippen LogP contribution in [0.1, 0.15) is 46.5 Å². The zero-order valence-corrected chi connectivity index (χ0v) is 12.6. The summed E-state index contributed by atoms with van der Waals surface area (Å²) in [5, 5.41) is 9.98. The Bertz CT molecular complexity index is 388. The van der Waals surface area contributed by atoms with E-state index in [9.17, 15) is 14.7 Å². The Balaban J connectivity index is 2.00. The average molecular weight is 283 g/mol. The van der Waals surface area contributed by atoms with Gasteiger partial charge in [0.25, 0.3) is 0 Å². The quantitative estimate of drug-likeness (QED) is 0.799. The number of piperidine rings is 1. The first kappa shape index (κ1) is 15.3. The third-order valence-corrected chi connectivity index (χ3v) is 4.16. The van der Waals surface area contributed by atoms with E-state index in [0.717, 1.165) is 19.3 Å². The van der Waals surface area contributed by atoms with Crippen molar-refractivity contribution >= 4 is 11.9 Å². The van der Waals surface area contributed by atoms with Crippen LogP contribution in [0.25, 0.3) is 0 Å². The van der Waals surface area contributed by atoms with Gasteiger partial charge in [-0.3, -0.25) is 4.79 Å². The molecule has 5 nitrogen and oxygen atoms in total. The van der Waals surface area contributed by atoms with Gasteiger partial charge in [0.2, 0.25) is 0 Å². The minimum Gasteiger partial charge on any atom is -0.444 e. The molecule has 3 unspecified atom stereocenters. The van der Waals surface area contributed by atoms with Crippen molar-refractivity contribution in [2.75, 3.05) is 13.1 Å². The Morgan fingerprint density at radius 1 is 1.35 bits per heavy atom. The highest BCUT2D eigenvalue weighted by Gasteiger charge is 2.41. The van der Waals surface area contributed by atoms with E-state index in [4.69, 9.17) is 4.74 Å². The Labute approximate surface area is 120 Å². The van der Waals surface area contributed by atoms with E-state index in [-0.39, 0.29) is 23.7 Å². The van der Waals surface area contributed by atoms with E-state index in [1.807, 2.05) is 20.8 Å². The highest BCUT2D eigenvalue weighted by molar-refractivity contribution is 5.84. The number of rotatable bonds is 1. The van der Waals surface area contributed by atoms with Gasteiger partial charge in [0, 0.05) is 25.4 Å². The molecule has 5 heteroatoms. The van der Waals surface area contributed by atoms with E-state index in [2.05, 4.69) is 0 Å². The van der Waals surface area contributed by atoms with Crippen LogP contribution in [-0.2, 0) is 9.53 Å². The zero-order chi connectivity index (χ0) is 14.9. The van der Waals surface area contributed by atoms with Crippen molar-refractivity contribution in [3.8, 4) is 0 Å². The maximum absolute atomic E-state index is 12.1. The van der Waals surface area contributed by atoms with Gasteiger partial charge in [-0.1, -0.05) is 6.42 Å². The lowest BCUT2D eigenvalue weighted by atomic mass is 9.82. The monoisotopic (exact) mass is 283 g/mol. The summed E-state index contributed by atoms with van der Waals surface area (Å²) >= 11 is 0. The first-order chi connectivity index (χ1) is 9.28. The second kappa shape index (κ2) is 5.72. The number of carbonyl (C=O) groups is 2. The minimum atomic E-state index is -0.527. The molecule has 1 amide bonds. The number of Topliss-reactive ketones (excluding diaryl/α,β-unsaturated/α-hetero) is 1. The van der Waals surface area contributed by atoms with E-state index in [1.54, 1.807) is 4.90 Å². The number of hydrogen-bond donors (Lipinski definition) is 1. The van der Waals surface area contributed by atoms with Crippen molar-refractivity contribution in [3.05, 3.63) is 0 Å². The van der Waals surface area contributed by atoms with Gasteiger partial charge in [-0.15, -0.1) is 0 Å². The normalized spacial score (nSPS) is 31.5. The first-order valence-corrected chi connectivity index (χ1v) is 7.46. The van der Waals surface area contributed by atoms with Gasteiger partial charge in [-0.05, 0) is 39.5 Å². The molecule has 2 aliphatic rings. The molecule has 0 spiro atoms. The van der Waals surface area contributed by atoms with Crippen LogP contribution in [0.4, 0.5) is 4.79 Å². The van der Waals surface area contributed by atoms with E-state index >= 15 is 0 Å². The third kappa shape index (κ3) is 3.51. The Kier molecular flexibility index (Phi) is 4.37. The predicted molar refractivity (Wildman–Crippen MR) is 74.3 cm³/mol. The number of amides is 1.